The highest BCUT2D eigenvalue weighted by Crippen LogP contribution is 2.63. The fraction of sp³-hybridized carbons (Fsp3) is 0.574. The number of carbonyl (C=O) groups is 2. The van der Waals surface area contributed by atoms with E-state index in [0.717, 1.165) is 71.9 Å². The van der Waals surface area contributed by atoms with Crippen LogP contribution in [0.15, 0.2) is 76.9 Å². The number of ether oxygens (including phenoxy) is 1. The molecular formula is C47H62N2O6. The lowest BCUT2D eigenvalue weighted by Gasteiger charge is -2.56. The monoisotopic (exact) mass is 750 g/mol. The number of benzene rings is 1. The van der Waals surface area contributed by atoms with Crippen molar-refractivity contribution in [1.82, 2.24) is 5.32 Å². The van der Waals surface area contributed by atoms with Crippen LogP contribution in [0.4, 0.5) is 0 Å². The van der Waals surface area contributed by atoms with E-state index < -0.39 is 28.9 Å². The highest BCUT2D eigenvalue weighted by Gasteiger charge is 2.64. The molecule has 0 aromatic heterocycles. The van der Waals surface area contributed by atoms with Crippen LogP contribution in [0.25, 0.3) is 0 Å². The molecular weight excluding hydrogens is 689 g/mol. The van der Waals surface area contributed by atoms with Crippen molar-refractivity contribution in [2.75, 3.05) is 13.2 Å². The zero-order valence-corrected chi connectivity index (χ0v) is 33.2. The van der Waals surface area contributed by atoms with Crippen molar-refractivity contribution in [3.05, 3.63) is 93.6 Å². The summed E-state index contributed by atoms with van der Waals surface area (Å²) in [5.41, 5.74) is 10.5. The van der Waals surface area contributed by atoms with Crippen LogP contribution in [-0.4, -0.2) is 57.5 Å². The Kier molecular flexibility index (Phi) is 12.9. The molecule has 1 aromatic carbocycles. The van der Waals surface area contributed by atoms with Crippen LogP contribution in [0.1, 0.15) is 127 Å². The SMILES string of the molecule is C=C1/C=C/C=C(\[C@H]2CC[C@@]3([C@H](CCC4(O)CCCC4)/C(=C(\C)C(=O)Cc4cccc5c4CC(=O)N[C@H]5N)CC[C@@]3(C)O)[C@@H]2O)COCC#CC/C(C)=C/CC1. The van der Waals surface area contributed by atoms with E-state index >= 15 is 0 Å². The van der Waals surface area contributed by atoms with Gasteiger partial charge in [-0.3, -0.25) is 9.59 Å². The molecule has 1 amide bonds. The minimum Gasteiger partial charge on any atom is -0.392 e. The summed E-state index contributed by atoms with van der Waals surface area (Å²) in [6.45, 7) is 10.7. The highest BCUT2D eigenvalue weighted by atomic mass is 16.5. The molecule has 3 aliphatic carbocycles. The maximum Gasteiger partial charge on any atom is 0.225 e. The second kappa shape index (κ2) is 17.3. The lowest BCUT2D eigenvalue weighted by molar-refractivity contribution is -0.169. The number of Topliss-reactive ketones (excluding diaryl/α,β-unsaturated/α-hetero) is 1. The van der Waals surface area contributed by atoms with Crippen LogP contribution in [0.5, 0.6) is 0 Å². The Labute approximate surface area is 328 Å². The van der Waals surface area contributed by atoms with E-state index in [4.69, 9.17) is 10.5 Å². The number of ketones is 1. The molecule has 2 aliphatic heterocycles. The van der Waals surface area contributed by atoms with Gasteiger partial charge in [-0.15, -0.1) is 0 Å². The van der Waals surface area contributed by atoms with Gasteiger partial charge in [0.05, 0.1) is 30.3 Å². The van der Waals surface area contributed by atoms with E-state index in [0.29, 0.717) is 57.1 Å². The van der Waals surface area contributed by atoms with Crippen LogP contribution in [0.3, 0.4) is 0 Å². The van der Waals surface area contributed by atoms with E-state index in [1.807, 2.05) is 50.3 Å². The molecule has 296 valence electrons. The third kappa shape index (κ3) is 8.87. The summed E-state index contributed by atoms with van der Waals surface area (Å²) >= 11 is 0. The van der Waals surface area contributed by atoms with Gasteiger partial charge < -0.3 is 31.1 Å². The minimum atomic E-state index is -1.22. The van der Waals surface area contributed by atoms with Gasteiger partial charge in [-0.05, 0) is 119 Å². The minimum absolute atomic E-state index is 0.0388. The van der Waals surface area contributed by atoms with Gasteiger partial charge in [-0.25, -0.2) is 0 Å². The first-order chi connectivity index (χ1) is 26.2. The molecule has 3 fully saturated rings. The normalized spacial score (nSPS) is 34.8. The van der Waals surface area contributed by atoms with Crippen molar-refractivity contribution in [1.29, 1.82) is 0 Å². The number of amides is 1. The number of fused-ring (bicyclic) bond motifs is 1. The Balaban J connectivity index is 1.35. The van der Waals surface area contributed by atoms with Gasteiger partial charge in [-0.2, -0.15) is 0 Å². The van der Waals surface area contributed by atoms with Gasteiger partial charge in [0.1, 0.15) is 12.8 Å². The number of aliphatic hydroxyl groups is 3. The molecule has 8 heteroatoms. The van der Waals surface area contributed by atoms with Gasteiger partial charge in [0, 0.05) is 24.2 Å². The lowest BCUT2D eigenvalue weighted by atomic mass is 9.52. The maximum atomic E-state index is 14.4. The second-order valence-electron chi connectivity index (χ2n) is 17.3. The Morgan fingerprint density at radius 3 is 2.69 bits per heavy atom. The largest absolute Gasteiger partial charge is 0.392 e. The van der Waals surface area contributed by atoms with E-state index in [2.05, 4.69) is 36.7 Å². The summed E-state index contributed by atoms with van der Waals surface area (Å²) in [4.78, 5) is 26.8. The number of aliphatic hydroxyl groups excluding tert-OH is 1. The maximum absolute atomic E-state index is 14.4. The van der Waals surface area contributed by atoms with Crippen molar-refractivity contribution in [3.8, 4) is 11.8 Å². The summed E-state index contributed by atoms with van der Waals surface area (Å²) in [7, 11) is 0. The molecule has 6 rings (SSSR count). The number of nitrogens with two attached hydrogens (primary N) is 1. The zero-order chi connectivity index (χ0) is 39.4. The van der Waals surface area contributed by atoms with Crippen molar-refractivity contribution in [2.24, 2.45) is 23.0 Å². The molecule has 3 saturated carbocycles. The molecule has 5 aliphatic rings. The third-order valence-corrected chi connectivity index (χ3v) is 13.7. The standard InChI is InChI=1S/C47H62N2O6/c1-31-12-5-8-27-55-30-35(17-10-15-32(2)14-9-13-31)37-20-26-47(43(37)52)40(21-25-46(54)22-6-7-23-46)36(19-24-45(47,4)53)33(3)41(50)28-34-16-11-18-38-39(34)29-42(51)49-44(38)48/h10-11,13,15-18,37,40,43-44,52-54H,2,6-7,9,12,14,19-30,48H2,1,3-4H3,(H,49,51)/b15-10+,31-13+,35-17-,36-33+/t37-,40-,43-,44-,45-,47-/m1/s1. The van der Waals surface area contributed by atoms with Crippen LogP contribution in [-0.2, 0) is 27.2 Å². The van der Waals surface area contributed by atoms with Gasteiger partial charge in [-0.1, -0.05) is 90.5 Å². The summed E-state index contributed by atoms with van der Waals surface area (Å²) in [5, 5.41) is 39.7. The van der Waals surface area contributed by atoms with Crippen molar-refractivity contribution >= 4 is 11.7 Å². The van der Waals surface area contributed by atoms with Crippen molar-refractivity contribution < 1.29 is 29.6 Å². The topological polar surface area (TPSA) is 142 Å². The zero-order valence-electron chi connectivity index (χ0n) is 33.2. The van der Waals surface area contributed by atoms with Crippen LogP contribution in [0.2, 0.25) is 0 Å². The van der Waals surface area contributed by atoms with E-state index in [1.165, 1.54) is 5.57 Å². The van der Waals surface area contributed by atoms with Gasteiger partial charge in [0.2, 0.25) is 5.91 Å². The number of hydrogen-bond donors (Lipinski definition) is 5. The Hall–Kier alpha value is -3.58. The van der Waals surface area contributed by atoms with E-state index in [-0.39, 0.29) is 43.0 Å². The molecule has 0 saturated heterocycles. The first-order valence-corrected chi connectivity index (χ1v) is 20.5. The van der Waals surface area contributed by atoms with Crippen LogP contribution < -0.4 is 11.1 Å². The summed E-state index contributed by atoms with van der Waals surface area (Å²) < 4.78 is 6.12. The fourth-order valence-corrected chi connectivity index (χ4v) is 10.5. The molecule has 6 atom stereocenters. The predicted molar refractivity (Wildman–Crippen MR) is 216 cm³/mol. The van der Waals surface area contributed by atoms with Crippen molar-refractivity contribution in [3.63, 3.8) is 0 Å². The summed E-state index contributed by atoms with van der Waals surface area (Å²) in [6.07, 6.45) is 16.2. The molecule has 0 bridgehead atoms. The smallest absolute Gasteiger partial charge is 0.225 e. The van der Waals surface area contributed by atoms with E-state index in [9.17, 15) is 24.9 Å². The summed E-state index contributed by atoms with van der Waals surface area (Å²) in [5.74, 6) is 5.55. The molecule has 0 unspecified atom stereocenters. The summed E-state index contributed by atoms with van der Waals surface area (Å²) in [6, 6.07) is 5.69. The highest BCUT2D eigenvalue weighted by molar-refractivity contribution is 5.97. The first-order valence-electron chi connectivity index (χ1n) is 20.5. The predicted octanol–water partition coefficient (Wildman–Crippen LogP) is 6.94. The number of rotatable bonds is 7. The fourth-order valence-electron chi connectivity index (χ4n) is 10.5. The Morgan fingerprint density at radius 1 is 1.13 bits per heavy atom. The number of allylic oxidation sites excluding steroid dienone is 8. The third-order valence-electron chi connectivity index (χ3n) is 13.7. The Bertz CT molecular complexity index is 1830. The van der Waals surface area contributed by atoms with Crippen LogP contribution >= 0.6 is 0 Å². The van der Waals surface area contributed by atoms with Gasteiger partial charge in [0.25, 0.3) is 0 Å². The molecule has 6 N–H and O–H groups in total. The number of hydrogen-bond acceptors (Lipinski definition) is 7. The molecule has 8 nitrogen and oxygen atoms in total. The van der Waals surface area contributed by atoms with E-state index in [1.54, 1.807) is 0 Å². The Morgan fingerprint density at radius 2 is 1.91 bits per heavy atom. The van der Waals surface area contributed by atoms with Crippen molar-refractivity contribution in [2.45, 2.75) is 141 Å². The molecule has 2 heterocycles. The quantitative estimate of drug-likeness (QED) is 0.116. The molecule has 0 radical (unpaired) electrons. The van der Waals surface area contributed by atoms with Crippen LogP contribution in [0, 0.1) is 29.1 Å². The average Bonchev–Trinajstić information content (AvgIpc) is 3.73. The van der Waals surface area contributed by atoms with Gasteiger partial charge in [0.15, 0.2) is 5.78 Å². The van der Waals surface area contributed by atoms with Gasteiger partial charge >= 0.3 is 0 Å². The molecule has 55 heavy (non-hydrogen) atoms. The number of carbonyl (C=O) groups excluding carboxylic acids is 2. The average molecular weight is 751 g/mol. The molecule has 1 spiro atoms. The second-order valence-corrected chi connectivity index (χ2v) is 17.3. The molecule has 1 aromatic rings. The number of nitrogens with one attached hydrogen (secondary N) is 1. The first kappa shape index (κ1) is 41.1. The lowest BCUT2D eigenvalue weighted by Crippen LogP contribution is -2.59.